The van der Waals surface area contributed by atoms with Gasteiger partial charge in [-0.3, -0.25) is 4.68 Å². The molecule has 0 saturated heterocycles. The van der Waals surface area contributed by atoms with Crippen LogP contribution >= 0.6 is 0 Å². The van der Waals surface area contributed by atoms with Gasteiger partial charge >= 0.3 is 0 Å². The van der Waals surface area contributed by atoms with E-state index in [2.05, 4.69) is 40.5 Å². The van der Waals surface area contributed by atoms with E-state index in [0.717, 1.165) is 53.5 Å². The number of fused-ring (bicyclic) bond motifs is 1. The Morgan fingerprint density at radius 2 is 2.13 bits per heavy atom. The molecule has 116 valence electrons. The highest BCUT2D eigenvalue weighted by atomic mass is 15.3. The Balaban J connectivity index is 1.75. The largest absolute Gasteiger partial charge is 0.346 e. The van der Waals surface area contributed by atoms with Crippen molar-refractivity contribution in [2.45, 2.75) is 32.9 Å². The van der Waals surface area contributed by atoms with Crippen molar-refractivity contribution in [2.75, 3.05) is 0 Å². The van der Waals surface area contributed by atoms with Crippen molar-refractivity contribution in [1.82, 2.24) is 14.3 Å². The molecule has 0 aliphatic carbocycles. The Hall–Kier alpha value is -2.80. The first-order valence-corrected chi connectivity index (χ1v) is 7.85. The maximum atomic E-state index is 9.38. The van der Waals surface area contributed by atoms with Crippen molar-refractivity contribution in [1.29, 1.82) is 5.26 Å². The number of rotatable bonds is 6. The predicted octanol–water partition coefficient (Wildman–Crippen LogP) is 4.22. The van der Waals surface area contributed by atoms with Crippen LogP contribution in [0.4, 0.5) is 0 Å². The number of nitrogens with zero attached hydrogens (tertiary/aromatic N) is 4. The summed E-state index contributed by atoms with van der Waals surface area (Å²) in [5.74, 6) is 0. The molecule has 0 aliphatic rings. The summed E-state index contributed by atoms with van der Waals surface area (Å²) in [7, 11) is 0. The van der Waals surface area contributed by atoms with Gasteiger partial charge in [0.2, 0.25) is 0 Å². The minimum atomic E-state index is 0.732. The van der Waals surface area contributed by atoms with Crippen molar-refractivity contribution in [3.63, 3.8) is 0 Å². The maximum absolute atomic E-state index is 9.38. The molecule has 0 bridgehead atoms. The highest BCUT2D eigenvalue weighted by Crippen LogP contribution is 2.25. The van der Waals surface area contributed by atoms with E-state index in [1.807, 2.05) is 30.1 Å². The second-order valence-corrected chi connectivity index (χ2v) is 5.84. The van der Waals surface area contributed by atoms with Crippen LogP contribution in [-0.2, 0) is 13.1 Å². The number of hydrogen-bond donors (Lipinski definition) is 0. The molecule has 1 aromatic carbocycles. The molecular weight excluding hydrogens is 284 g/mol. The van der Waals surface area contributed by atoms with Crippen LogP contribution < -0.4 is 0 Å². The fourth-order valence-corrected chi connectivity index (χ4v) is 2.83. The monoisotopic (exact) mass is 304 g/mol. The van der Waals surface area contributed by atoms with Gasteiger partial charge in [0.05, 0.1) is 5.56 Å². The molecule has 0 unspecified atom stereocenters. The number of aryl methyl sites for hydroxylation is 2. The van der Waals surface area contributed by atoms with Crippen molar-refractivity contribution in [3.8, 4) is 6.07 Å². The number of nitriles is 1. The van der Waals surface area contributed by atoms with Gasteiger partial charge < -0.3 is 4.57 Å². The van der Waals surface area contributed by atoms with Gasteiger partial charge in [0, 0.05) is 42.6 Å². The summed E-state index contributed by atoms with van der Waals surface area (Å²) < 4.78 is 4.13. The minimum Gasteiger partial charge on any atom is -0.346 e. The van der Waals surface area contributed by atoms with Crippen LogP contribution in [0.25, 0.3) is 16.5 Å². The van der Waals surface area contributed by atoms with Crippen LogP contribution in [0.15, 0.2) is 49.4 Å². The Kier molecular flexibility index (Phi) is 4.29. The number of allylic oxidation sites excluding steroid dienone is 1. The van der Waals surface area contributed by atoms with Gasteiger partial charge in [0.25, 0.3) is 0 Å². The number of benzene rings is 1. The summed E-state index contributed by atoms with van der Waals surface area (Å²) in [6.07, 6.45) is 7.86. The third-order valence-corrected chi connectivity index (χ3v) is 4.09. The number of hydrogen-bond acceptors (Lipinski definition) is 2. The van der Waals surface area contributed by atoms with E-state index in [9.17, 15) is 5.26 Å². The van der Waals surface area contributed by atoms with E-state index >= 15 is 0 Å². The number of aromatic nitrogens is 3. The smallest absolute Gasteiger partial charge is 0.101 e. The van der Waals surface area contributed by atoms with Crippen molar-refractivity contribution < 1.29 is 0 Å². The fourth-order valence-electron chi connectivity index (χ4n) is 2.83. The molecule has 0 saturated carbocycles. The van der Waals surface area contributed by atoms with E-state index in [1.165, 1.54) is 0 Å². The van der Waals surface area contributed by atoms with Gasteiger partial charge in [-0.2, -0.15) is 10.4 Å². The zero-order chi connectivity index (χ0) is 16.2. The van der Waals surface area contributed by atoms with Crippen molar-refractivity contribution >= 4 is 16.5 Å². The zero-order valence-electron chi connectivity index (χ0n) is 13.4. The summed E-state index contributed by atoms with van der Waals surface area (Å²) in [6.45, 7) is 7.80. The molecule has 2 heterocycles. The molecule has 0 radical (unpaired) electrons. The summed E-state index contributed by atoms with van der Waals surface area (Å²) in [5.41, 5.74) is 3.95. The molecular formula is C19H20N4. The quantitative estimate of drug-likeness (QED) is 0.640. The highest BCUT2D eigenvalue weighted by molar-refractivity contribution is 5.89. The summed E-state index contributed by atoms with van der Waals surface area (Å²) >= 11 is 0. The summed E-state index contributed by atoms with van der Waals surface area (Å²) in [4.78, 5) is 0. The first-order chi connectivity index (χ1) is 11.2. The van der Waals surface area contributed by atoms with Gasteiger partial charge in [-0.15, -0.1) is 0 Å². The van der Waals surface area contributed by atoms with Gasteiger partial charge in [0.15, 0.2) is 0 Å². The van der Waals surface area contributed by atoms with E-state index in [1.54, 1.807) is 6.20 Å². The molecule has 0 aliphatic heterocycles. The minimum absolute atomic E-state index is 0.732. The Morgan fingerprint density at radius 3 is 2.83 bits per heavy atom. The highest BCUT2D eigenvalue weighted by Gasteiger charge is 2.09. The average molecular weight is 304 g/mol. The van der Waals surface area contributed by atoms with E-state index in [0.29, 0.717) is 0 Å². The second-order valence-electron chi connectivity index (χ2n) is 5.84. The third kappa shape index (κ3) is 3.19. The summed E-state index contributed by atoms with van der Waals surface area (Å²) in [5, 5.41) is 14.6. The predicted molar refractivity (Wildman–Crippen MR) is 92.8 cm³/mol. The topological polar surface area (TPSA) is 46.5 Å². The Morgan fingerprint density at radius 1 is 1.30 bits per heavy atom. The van der Waals surface area contributed by atoms with Crippen LogP contribution in [0, 0.1) is 11.3 Å². The second kappa shape index (κ2) is 6.53. The molecule has 23 heavy (non-hydrogen) atoms. The van der Waals surface area contributed by atoms with E-state index in [-0.39, 0.29) is 0 Å². The van der Waals surface area contributed by atoms with Crippen molar-refractivity contribution in [2.24, 2.45) is 0 Å². The molecule has 3 aromatic rings. The molecule has 0 atom stereocenters. The molecule has 4 nitrogen and oxygen atoms in total. The van der Waals surface area contributed by atoms with Crippen LogP contribution in [0.3, 0.4) is 0 Å². The van der Waals surface area contributed by atoms with E-state index in [4.69, 9.17) is 0 Å². The van der Waals surface area contributed by atoms with Crippen LogP contribution in [-0.4, -0.2) is 14.3 Å². The molecule has 3 rings (SSSR count). The van der Waals surface area contributed by atoms with Gasteiger partial charge in [-0.1, -0.05) is 18.2 Å². The fraction of sp³-hybridized carbons (Fsp3) is 0.263. The van der Waals surface area contributed by atoms with Crippen LogP contribution in [0.5, 0.6) is 0 Å². The van der Waals surface area contributed by atoms with Gasteiger partial charge in [-0.05, 0) is 43.5 Å². The average Bonchev–Trinajstić information content (AvgIpc) is 3.18. The summed E-state index contributed by atoms with van der Waals surface area (Å²) in [6, 6.07) is 10.5. The van der Waals surface area contributed by atoms with Gasteiger partial charge in [-0.25, -0.2) is 0 Å². The lowest BCUT2D eigenvalue weighted by Crippen LogP contribution is -2.01. The molecule has 0 spiro atoms. The lowest BCUT2D eigenvalue weighted by molar-refractivity contribution is 0.527. The lowest BCUT2D eigenvalue weighted by atomic mass is 10.1. The molecule has 0 fully saturated rings. The first-order valence-electron chi connectivity index (χ1n) is 7.85. The normalized spacial score (nSPS) is 10.8. The maximum Gasteiger partial charge on any atom is 0.101 e. The SMILES string of the molecule is C=C(C)c1ccc2c(c1)c(C#N)cn2CCCCn1cccn1. The third-order valence-electron chi connectivity index (χ3n) is 4.09. The molecule has 0 amide bonds. The lowest BCUT2D eigenvalue weighted by Gasteiger charge is -2.06. The zero-order valence-corrected chi connectivity index (χ0v) is 13.4. The molecule has 4 heteroatoms. The Labute approximate surface area is 136 Å². The Bertz CT molecular complexity index is 863. The standard InChI is InChI=1S/C19H20N4/c1-15(2)16-6-7-19-18(12-16)17(13-20)14-22(19)9-3-4-10-23-11-5-8-21-23/h5-8,11-12,14H,1,3-4,9-10H2,2H3. The molecule has 0 N–H and O–H groups in total. The molecule has 2 aromatic heterocycles. The van der Waals surface area contributed by atoms with E-state index < -0.39 is 0 Å². The van der Waals surface area contributed by atoms with Crippen molar-refractivity contribution in [3.05, 3.63) is 60.6 Å². The first kappa shape index (κ1) is 15.1. The van der Waals surface area contributed by atoms with Crippen LogP contribution in [0.1, 0.15) is 30.9 Å². The number of unbranched alkanes of at least 4 members (excludes halogenated alkanes) is 1. The van der Waals surface area contributed by atoms with Gasteiger partial charge in [0.1, 0.15) is 6.07 Å². The van der Waals surface area contributed by atoms with Crippen LogP contribution in [0.2, 0.25) is 0 Å².